The predicted molar refractivity (Wildman–Crippen MR) is 109 cm³/mol. The van der Waals surface area contributed by atoms with Gasteiger partial charge in [0.2, 0.25) is 11.7 Å². The van der Waals surface area contributed by atoms with Gasteiger partial charge < -0.3 is 5.32 Å². The molecule has 4 rings (SSSR count). The van der Waals surface area contributed by atoms with Gasteiger partial charge in [0.05, 0.1) is 5.75 Å². The summed E-state index contributed by atoms with van der Waals surface area (Å²) in [5.41, 5.74) is 4.30. The van der Waals surface area contributed by atoms with Crippen LogP contribution < -0.4 is 5.32 Å². The van der Waals surface area contributed by atoms with E-state index in [4.69, 9.17) is 0 Å². The smallest absolute Gasteiger partial charge is 0.234 e. The molecule has 0 fully saturated rings. The highest BCUT2D eigenvalue weighted by atomic mass is 32.2. The van der Waals surface area contributed by atoms with Crippen molar-refractivity contribution < 1.29 is 4.79 Å². The molecule has 3 heterocycles. The molecule has 140 valence electrons. The third-order valence-corrected chi connectivity index (χ3v) is 5.07. The van der Waals surface area contributed by atoms with Crippen LogP contribution in [-0.2, 0) is 4.79 Å². The molecule has 0 spiro atoms. The average Bonchev–Trinajstić information content (AvgIpc) is 3.13. The first-order valence-corrected chi connectivity index (χ1v) is 9.72. The van der Waals surface area contributed by atoms with Gasteiger partial charge in [-0.25, -0.2) is 0 Å². The quantitative estimate of drug-likeness (QED) is 0.525. The van der Waals surface area contributed by atoms with Crippen molar-refractivity contribution in [2.45, 2.75) is 18.9 Å². The number of aromatic nitrogens is 5. The Hall–Kier alpha value is -3.26. The molecule has 0 radical (unpaired) electrons. The van der Waals surface area contributed by atoms with Crippen LogP contribution in [0.2, 0.25) is 0 Å². The number of anilines is 1. The first-order valence-electron chi connectivity index (χ1n) is 8.74. The summed E-state index contributed by atoms with van der Waals surface area (Å²) in [6.45, 7) is 3.98. The highest BCUT2D eigenvalue weighted by molar-refractivity contribution is 7.99. The molecule has 0 aliphatic heterocycles. The minimum absolute atomic E-state index is 0.0747. The van der Waals surface area contributed by atoms with Crippen LogP contribution in [0.3, 0.4) is 0 Å². The van der Waals surface area contributed by atoms with Crippen molar-refractivity contribution in [1.82, 2.24) is 24.8 Å². The minimum atomic E-state index is -0.0747. The maximum atomic E-state index is 12.4. The van der Waals surface area contributed by atoms with E-state index in [2.05, 4.69) is 25.6 Å². The molecule has 0 saturated carbocycles. The lowest BCUT2D eigenvalue weighted by molar-refractivity contribution is -0.113. The number of fused-ring (bicyclic) bond motifs is 1. The second-order valence-electron chi connectivity index (χ2n) is 6.34. The number of carbonyl (C=O) groups is 1. The fourth-order valence-electron chi connectivity index (χ4n) is 2.70. The van der Waals surface area contributed by atoms with Crippen LogP contribution in [0.4, 0.5) is 5.69 Å². The van der Waals surface area contributed by atoms with E-state index in [0.717, 1.165) is 16.8 Å². The molecule has 1 amide bonds. The molecule has 0 bridgehead atoms. The lowest BCUT2D eigenvalue weighted by Crippen LogP contribution is -2.15. The lowest BCUT2D eigenvalue weighted by atomic mass is 10.1. The Kier molecular flexibility index (Phi) is 5.03. The van der Waals surface area contributed by atoms with Gasteiger partial charge in [-0.3, -0.25) is 9.78 Å². The largest absolute Gasteiger partial charge is 0.325 e. The zero-order valence-electron chi connectivity index (χ0n) is 15.5. The number of hydrogen-bond donors (Lipinski definition) is 1. The first-order chi connectivity index (χ1) is 13.6. The molecule has 0 aliphatic carbocycles. The summed E-state index contributed by atoms with van der Waals surface area (Å²) >= 11 is 1.36. The Bertz CT molecular complexity index is 1140. The van der Waals surface area contributed by atoms with Crippen LogP contribution in [-0.4, -0.2) is 36.5 Å². The molecule has 28 heavy (non-hydrogen) atoms. The van der Waals surface area contributed by atoms with Gasteiger partial charge in [-0.15, -0.1) is 10.2 Å². The third-order valence-electron chi connectivity index (χ3n) is 4.15. The monoisotopic (exact) mass is 390 g/mol. The number of benzene rings is 1. The molecule has 1 N–H and O–H groups in total. The summed E-state index contributed by atoms with van der Waals surface area (Å²) in [7, 11) is 0. The van der Waals surface area contributed by atoms with Gasteiger partial charge in [0, 0.05) is 11.9 Å². The topological polar surface area (TPSA) is 85.1 Å². The highest BCUT2D eigenvalue weighted by Crippen LogP contribution is 2.21. The molecule has 3 aromatic heterocycles. The third kappa shape index (κ3) is 3.86. The number of carbonyl (C=O) groups excluding carboxylic acids is 1. The van der Waals surface area contributed by atoms with Gasteiger partial charge in [0.25, 0.3) is 0 Å². The first kappa shape index (κ1) is 18.1. The average molecular weight is 390 g/mol. The molecule has 0 atom stereocenters. The van der Waals surface area contributed by atoms with E-state index < -0.39 is 0 Å². The Morgan fingerprint density at radius 1 is 1.11 bits per heavy atom. The molecule has 1 aromatic carbocycles. The molecule has 0 unspecified atom stereocenters. The minimum Gasteiger partial charge on any atom is -0.325 e. The molecule has 8 heteroatoms. The molecule has 0 saturated heterocycles. The number of amides is 1. The van der Waals surface area contributed by atoms with E-state index in [1.165, 1.54) is 11.8 Å². The molecular weight excluding hydrogens is 372 g/mol. The Morgan fingerprint density at radius 3 is 2.82 bits per heavy atom. The number of thioether (sulfide) groups is 1. The summed E-state index contributed by atoms with van der Waals surface area (Å²) in [4.78, 5) is 16.7. The molecular formula is C20H18N6OS. The van der Waals surface area contributed by atoms with Gasteiger partial charge >= 0.3 is 0 Å². The number of hydrogen-bond acceptors (Lipinski definition) is 6. The van der Waals surface area contributed by atoms with Crippen LogP contribution in [0.1, 0.15) is 11.1 Å². The Morgan fingerprint density at radius 2 is 2.00 bits per heavy atom. The SMILES string of the molecule is Cc1ccc(C)c(NC(=O)CSc2ccc3nnc(-c4ccccn4)n3n2)c1. The fraction of sp³-hybridized carbons (Fsp3) is 0.150. The Balaban J connectivity index is 1.49. The number of nitrogens with one attached hydrogen (secondary N) is 1. The maximum Gasteiger partial charge on any atom is 0.234 e. The second-order valence-corrected chi connectivity index (χ2v) is 7.33. The van der Waals surface area contributed by atoms with Crippen molar-refractivity contribution >= 4 is 29.0 Å². The van der Waals surface area contributed by atoms with Crippen molar-refractivity contribution in [3.8, 4) is 11.5 Å². The summed E-state index contributed by atoms with van der Waals surface area (Å²) < 4.78 is 1.65. The van der Waals surface area contributed by atoms with E-state index in [0.29, 0.717) is 22.2 Å². The van der Waals surface area contributed by atoms with Crippen LogP contribution in [0.25, 0.3) is 17.2 Å². The molecule has 7 nitrogen and oxygen atoms in total. The maximum absolute atomic E-state index is 12.4. The van der Waals surface area contributed by atoms with Crippen molar-refractivity contribution in [2.24, 2.45) is 0 Å². The molecule has 4 aromatic rings. The van der Waals surface area contributed by atoms with E-state index in [-0.39, 0.29) is 11.7 Å². The number of rotatable bonds is 5. The number of nitrogens with zero attached hydrogens (tertiary/aromatic N) is 5. The highest BCUT2D eigenvalue weighted by Gasteiger charge is 2.12. The zero-order chi connectivity index (χ0) is 19.5. The number of pyridine rings is 1. The van der Waals surface area contributed by atoms with Crippen molar-refractivity contribution in [3.05, 3.63) is 65.9 Å². The standard InChI is InChI=1S/C20H18N6OS/c1-13-6-7-14(2)16(11-13)22-18(27)12-28-19-9-8-17-23-24-20(26(17)25-19)15-5-3-4-10-21-15/h3-11H,12H2,1-2H3,(H,22,27). The summed E-state index contributed by atoms with van der Waals surface area (Å²) in [6.07, 6.45) is 1.70. The summed E-state index contributed by atoms with van der Waals surface area (Å²) in [6, 6.07) is 15.2. The predicted octanol–water partition coefficient (Wildman–Crippen LogP) is 3.53. The van der Waals surface area contributed by atoms with Gasteiger partial charge in [0.1, 0.15) is 10.7 Å². The van der Waals surface area contributed by atoms with Crippen LogP contribution in [0, 0.1) is 13.8 Å². The van der Waals surface area contributed by atoms with Gasteiger partial charge in [-0.1, -0.05) is 30.0 Å². The lowest BCUT2D eigenvalue weighted by Gasteiger charge is -2.09. The second kappa shape index (κ2) is 7.77. The van der Waals surface area contributed by atoms with Crippen LogP contribution >= 0.6 is 11.8 Å². The van der Waals surface area contributed by atoms with Crippen LogP contribution in [0.15, 0.2) is 59.8 Å². The van der Waals surface area contributed by atoms with Crippen LogP contribution in [0.5, 0.6) is 0 Å². The van der Waals surface area contributed by atoms with E-state index in [9.17, 15) is 4.79 Å². The number of aryl methyl sites for hydroxylation is 2. The van der Waals surface area contributed by atoms with E-state index in [1.807, 2.05) is 62.4 Å². The van der Waals surface area contributed by atoms with Crippen molar-refractivity contribution in [1.29, 1.82) is 0 Å². The van der Waals surface area contributed by atoms with Crippen molar-refractivity contribution in [3.63, 3.8) is 0 Å². The summed E-state index contributed by atoms with van der Waals surface area (Å²) in [5, 5.41) is 16.5. The van der Waals surface area contributed by atoms with Gasteiger partial charge in [0.15, 0.2) is 5.65 Å². The van der Waals surface area contributed by atoms with Crippen molar-refractivity contribution in [2.75, 3.05) is 11.1 Å². The normalized spacial score (nSPS) is 10.9. The zero-order valence-corrected chi connectivity index (χ0v) is 16.3. The fourth-order valence-corrected chi connectivity index (χ4v) is 3.35. The van der Waals surface area contributed by atoms with E-state index in [1.54, 1.807) is 10.7 Å². The summed E-state index contributed by atoms with van der Waals surface area (Å²) in [5.74, 6) is 0.750. The van der Waals surface area contributed by atoms with Gasteiger partial charge in [-0.2, -0.15) is 9.61 Å². The van der Waals surface area contributed by atoms with E-state index >= 15 is 0 Å². The van der Waals surface area contributed by atoms with Gasteiger partial charge in [-0.05, 0) is 55.3 Å². The molecule has 0 aliphatic rings. The Labute approximate surface area is 166 Å².